The van der Waals surface area contributed by atoms with Gasteiger partial charge in [0.2, 0.25) is 5.01 Å². The summed E-state index contributed by atoms with van der Waals surface area (Å²) >= 11 is 1.19. The maximum Gasteiger partial charge on any atom is 0.367 e. The Bertz CT molecular complexity index is 698. The molecule has 0 N–H and O–H groups in total. The number of carbonyl (C=O) groups is 2. The van der Waals surface area contributed by atoms with Gasteiger partial charge in [0.05, 0.1) is 18.2 Å². The third kappa shape index (κ3) is 5.13. The van der Waals surface area contributed by atoms with Gasteiger partial charge >= 0.3 is 11.9 Å². The number of hydrogen-bond acceptors (Lipinski definition) is 6. The molecule has 2 rings (SSSR count). The van der Waals surface area contributed by atoms with Crippen LogP contribution in [0.5, 0.6) is 0 Å². The van der Waals surface area contributed by atoms with E-state index < -0.39 is 5.97 Å². The number of hydrogen-bond donors (Lipinski definition) is 0. The van der Waals surface area contributed by atoms with Crippen molar-refractivity contribution in [1.82, 2.24) is 4.98 Å². The topological polar surface area (TPSA) is 65.5 Å². The summed E-state index contributed by atoms with van der Waals surface area (Å²) in [6.45, 7) is 6.19. The number of esters is 2. The first kappa shape index (κ1) is 19.1. The van der Waals surface area contributed by atoms with Crippen LogP contribution in [0.3, 0.4) is 0 Å². The van der Waals surface area contributed by atoms with Gasteiger partial charge < -0.3 is 9.47 Å². The van der Waals surface area contributed by atoms with E-state index in [4.69, 9.17) is 9.47 Å². The average molecular weight is 361 g/mol. The van der Waals surface area contributed by atoms with Gasteiger partial charge in [-0.3, -0.25) is 4.79 Å². The van der Waals surface area contributed by atoms with Crippen LogP contribution in [0.2, 0.25) is 0 Å². The summed E-state index contributed by atoms with van der Waals surface area (Å²) in [6.07, 6.45) is 0.873. The molecule has 0 aliphatic carbocycles. The van der Waals surface area contributed by atoms with Crippen molar-refractivity contribution in [3.05, 3.63) is 52.0 Å². The Morgan fingerprint density at radius 2 is 1.88 bits per heavy atom. The van der Waals surface area contributed by atoms with E-state index in [0.29, 0.717) is 12.3 Å². The Morgan fingerprint density at radius 1 is 1.16 bits per heavy atom. The molecule has 5 nitrogen and oxygen atoms in total. The van der Waals surface area contributed by atoms with E-state index in [1.807, 2.05) is 37.3 Å². The molecule has 0 amide bonds. The predicted octanol–water partition coefficient (Wildman–Crippen LogP) is 4.19. The lowest BCUT2D eigenvalue weighted by Crippen LogP contribution is -2.22. The minimum atomic E-state index is -0.452. The molecule has 6 heteroatoms. The molecule has 1 aromatic carbocycles. The minimum Gasteiger partial charge on any atom is -0.461 e. The summed E-state index contributed by atoms with van der Waals surface area (Å²) in [6, 6.07) is 9.66. The van der Waals surface area contributed by atoms with E-state index in [9.17, 15) is 9.59 Å². The van der Waals surface area contributed by atoms with E-state index >= 15 is 0 Å². The van der Waals surface area contributed by atoms with Crippen molar-refractivity contribution >= 4 is 23.3 Å². The molecule has 2 aromatic rings. The first-order valence-corrected chi connectivity index (χ1v) is 9.27. The fourth-order valence-electron chi connectivity index (χ4n) is 2.49. The van der Waals surface area contributed by atoms with Gasteiger partial charge in [-0.2, -0.15) is 0 Å². The van der Waals surface area contributed by atoms with Crippen LogP contribution in [0.4, 0.5) is 0 Å². The number of benzene rings is 1. The number of aromatic nitrogens is 1. The Labute approximate surface area is 152 Å². The Kier molecular flexibility index (Phi) is 7.13. The average Bonchev–Trinajstić information content (AvgIpc) is 3.10. The van der Waals surface area contributed by atoms with Gasteiger partial charge in [0.25, 0.3) is 0 Å². The number of rotatable bonds is 8. The Hall–Kier alpha value is -2.21. The largest absolute Gasteiger partial charge is 0.461 e. The SMILES string of the molecule is CCOC(=O)c1nc(COC(=O)C(c2ccccc2)C(C)CC)cs1. The molecule has 0 saturated heterocycles. The molecule has 0 aliphatic heterocycles. The van der Waals surface area contributed by atoms with Crippen molar-refractivity contribution in [3.63, 3.8) is 0 Å². The first-order valence-electron chi connectivity index (χ1n) is 8.39. The van der Waals surface area contributed by atoms with Crippen molar-refractivity contribution in [2.24, 2.45) is 5.92 Å². The molecule has 134 valence electrons. The first-order chi connectivity index (χ1) is 12.1. The highest BCUT2D eigenvalue weighted by Gasteiger charge is 2.27. The quantitative estimate of drug-likeness (QED) is 0.660. The molecule has 0 radical (unpaired) electrons. The highest BCUT2D eigenvalue weighted by Crippen LogP contribution is 2.28. The molecular formula is C19H23NO4S. The second-order valence-electron chi connectivity index (χ2n) is 5.75. The van der Waals surface area contributed by atoms with Gasteiger partial charge in [0.15, 0.2) is 0 Å². The van der Waals surface area contributed by atoms with Crippen LogP contribution in [0.15, 0.2) is 35.7 Å². The highest BCUT2D eigenvalue weighted by atomic mass is 32.1. The highest BCUT2D eigenvalue weighted by molar-refractivity contribution is 7.11. The zero-order valence-corrected chi connectivity index (χ0v) is 15.5. The molecule has 2 atom stereocenters. The van der Waals surface area contributed by atoms with Crippen molar-refractivity contribution in [2.75, 3.05) is 6.61 Å². The van der Waals surface area contributed by atoms with Gasteiger partial charge in [0.1, 0.15) is 6.61 Å². The van der Waals surface area contributed by atoms with Crippen molar-refractivity contribution in [2.45, 2.75) is 39.7 Å². The molecular weight excluding hydrogens is 338 g/mol. The van der Waals surface area contributed by atoms with Crippen LogP contribution in [0.25, 0.3) is 0 Å². The van der Waals surface area contributed by atoms with E-state index in [1.54, 1.807) is 12.3 Å². The molecule has 0 fully saturated rings. The third-order valence-electron chi connectivity index (χ3n) is 3.99. The van der Waals surface area contributed by atoms with E-state index in [1.165, 1.54) is 11.3 Å². The molecule has 0 aliphatic rings. The smallest absolute Gasteiger partial charge is 0.367 e. The lowest BCUT2D eigenvalue weighted by atomic mass is 9.86. The van der Waals surface area contributed by atoms with E-state index in [0.717, 1.165) is 12.0 Å². The number of thiazole rings is 1. The Balaban J connectivity index is 2.03. The van der Waals surface area contributed by atoms with Crippen molar-refractivity contribution < 1.29 is 19.1 Å². The maximum atomic E-state index is 12.6. The van der Waals surface area contributed by atoms with Crippen LogP contribution in [0, 0.1) is 5.92 Å². The van der Waals surface area contributed by atoms with E-state index in [-0.39, 0.29) is 29.4 Å². The van der Waals surface area contributed by atoms with E-state index in [2.05, 4.69) is 11.9 Å². The summed E-state index contributed by atoms with van der Waals surface area (Å²) in [5.74, 6) is -0.868. The second-order valence-corrected chi connectivity index (χ2v) is 6.60. The van der Waals surface area contributed by atoms with Crippen LogP contribution in [0.1, 0.15) is 54.2 Å². The summed E-state index contributed by atoms with van der Waals surface area (Å²) in [4.78, 5) is 28.4. The number of nitrogens with zero attached hydrogens (tertiary/aromatic N) is 1. The summed E-state index contributed by atoms with van der Waals surface area (Å²) in [5.41, 5.74) is 1.50. The monoisotopic (exact) mass is 361 g/mol. The van der Waals surface area contributed by atoms with Crippen LogP contribution < -0.4 is 0 Å². The fraction of sp³-hybridized carbons (Fsp3) is 0.421. The molecule has 1 aromatic heterocycles. The lowest BCUT2D eigenvalue weighted by Gasteiger charge is -2.21. The standard InChI is InChI=1S/C19H23NO4S/c1-4-13(3)16(14-9-7-6-8-10-14)18(21)24-11-15-12-25-17(20-15)19(22)23-5-2/h6-10,12-13,16H,4-5,11H2,1-3H3. The Morgan fingerprint density at radius 3 is 2.52 bits per heavy atom. The van der Waals surface area contributed by atoms with Crippen LogP contribution >= 0.6 is 11.3 Å². The second kappa shape index (κ2) is 9.32. The van der Waals surface area contributed by atoms with Gasteiger partial charge in [-0.1, -0.05) is 50.6 Å². The number of carbonyl (C=O) groups excluding carboxylic acids is 2. The lowest BCUT2D eigenvalue weighted by molar-refractivity contribution is -0.148. The zero-order valence-electron chi connectivity index (χ0n) is 14.7. The van der Waals surface area contributed by atoms with Gasteiger partial charge in [-0.05, 0) is 18.4 Å². The van der Waals surface area contributed by atoms with Gasteiger partial charge in [0, 0.05) is 5.38 Å². The maximum absolute atomic E-state index is 12.6. The minimum absolute atomic E-state index is 0.0501. The van der Waals surface area contributed by atoms with Gasteiger partial charge in [-0.15, -0.1) is 11.3 Å². The van der Waals surface area contributed by atoms with Crippen molar-refractivity contribution in [1.29, 1.82) is 0 Å². The normalized spacial score (nSPS) is 13.1. The third-order valence-corrected chi connectivity index (χ3v) is 4.86. The summed E-state index contributed by atoms with van der Waals surface area (Å²) < 4.78 is 10.4. The zero-order chi connectivity index (χ0) is 18.2. The van der Waals surface area contributed by atoms with Crippen LogP contribution in [-0.4, -0.2) is 23.5 Å². The molecule has 2 unspecified atom stereocenters. The molecule has 25 heavy (non-hydrogen) atoms. The number of ether oxygens (including phenoxy) is 2. The van der Waals surface area contributed by atoms with Gasteiger partial charge in [-0.25, -0.2) is 9.78 Å². The molecule has 0 bridgehead atoms. The van der Waals surface area contributed by atoms with Crippen molar-refractivity contribution in [3.8, 4) is 0 Å². The molecule has 1 heterocycles. The fourth-order valence-corrected chi connectivity index (χ4v) is 3.18. The van der Waals surface area contributed by atoms with Crippen LogP contribution in [-0.2, 0) is 20.9 Å². The molecule has 0 spiro atoms. The molecule has 0 saturated carbocycles. The summed E-state index contributed by atoms with van der Waals surface area (Å²) in [5, 5.41) is 1.98. The predicted molar refractivity (Wildman–Crippen MR) is 96.5 cm³/mol. The summed E-state index contributed by atoms with van der Waals surface area (Å²) in [7, 11) is 0.